The van der Waals surface area contributed by atoms with E-state index in [2.05, 4.69) is 0 Å². The van der Waals surface area contributed by atoms with Crippen molar-refractivity contribution in [1.82, 2.24) is 0 Å². The third-order valence-corrected chi connectivity index (χ3v) is 4.55. The number of nitriles is 1. The SMILES string of the molecule is N#Cc1cccc(S(=O)(=O)CCOCC2CC2)c1. The lowest BCUT2D eigenvalue weighted by atomic mass is 10.2. The first-order valence-corrected chi connectivity index (χ1v) is 7.58. The lowest BCUT2D eigenvalue weighted by molar-refractivity contribution is 0.138. The Labute approximate surface area is 107 Å². The molecule has 0 heterocycles. The van der Waals surface area contributed by atoms with Gasteiger partial charge in [-0.2, -0.15) is 5.26 Å². The summed E-state index contributed by atoms with van der Waals surface area (Å²) in [5.41, 5.74) is 0.356. The van der Waals surface area contributed by atoms with Gasteiger partial charge >= 0.3 is 0 Å². The molecule has 0 saturated heterocycles. The Morgan fingerprint density at radius 3 is 2.83 bits per heavy atom. The Kier molecular flexibility index (Phi) is 4.00. The van der Waals surface area contributed by atoms with Crippen LogP contribution in [0.5, 0.6) is 0 Å². The molecule has 0 aliphatic heterocycles. The molecule has 1 aliphatic carbocycles. The number of ether oxygens (including phenoxy) is 1. The Balaban J connectivity index is 1.93. The van der Waals surface area contributed by atoms with Crippen LogP contribution in [0.15, 0.2) is 29.2 Å². The van der Waals surface area contributed by atoms with Gasteiger partial charge in [0, 0.05) is 6.61 Å². The number of hydrogen-bond donors (Lipinski definition) is 0. The summed E-state index contributed by atoms with van der Waals surface area (Å²) in [6.07, 6.45) is 2.38. The minimum Gasteiger partial charge on any atom is -0.380 e. The zero-order chi connectivity index (χ0) is 13.0. The van der Waals surface area contributed by atoms with Gasteiger partial charge in [-0.3, -0.25) is 0 Å². The molecular formula is C13H15NO3S. The fourth-order valence-corrected chi connectivity index (χ4v) is 2.75. The highest BCUT2D eigenvalue weighted by molar-refractivity contribution is 7.91. The van der Waals surface area contributed by atoms with E-state index in [0.29, 0.717) is 18.1 Å². The van der Waals surface area contributed by atoms with E-state index >= 15 is 0 Å². The minimum absolute atomic E-state index is 0.0331. The summed E-state index contributed by atoms with van der Waals surface area (Å²) in [4.78, 5) is 0.191. The first kappa shape index (κ1) is 13.1. The molecule has 0 N–H and O–H groups in total. The van der Waals surface area contributed by atoms with Gasteiger partial charge in [-0.1, -0.05) is 6.07 Å². The zero-order valence-corrected chi connectivity index (χ0v) is 10.8. The maximum atomic E-state index is 12.0. The molecule has 0 amide bonds. The van der Waals surface area contributed by atoms with Crippen LogP contribution in [-0.4, -0.2) is 27.4 Å². The molecule has 0 spiro atoms. The summed E-state index contributed by atoms with van der Waals surface area (Å²) >= 11 is 0. The van der Waals surface area contributed by atoms with Crippen LogP contribution in [0.2, 0.25) is 0 Å². The number of benzene rings is 1. The number of rotatable bonds is 6. The van der Waals surface area contributed by atoms with Gasteiger partial charge in [-0.25, -0.2) is 8.42 Å². The summed E-state index contributed by atoms with van der Waals surface area (Å²) in [6.45, 7) is 0.878. The van der Waals surface area contributed by atoms with E-state index in [1.807, 2.05) is 6.07 Å². The van der Waals surface area contributed by atoms with Crippen molar-refractivity contribution in [2.75, 3.05) is 19.0 Å². The average molecular weight is 265 g/mol. The zero-order valence-electron chi connectivity index (χ0n) is 10.0. The molecular weight excluding hydrogens is 250 g/mol. The molecule has 18 heavy (non-hydrogen) atoms. The van der Waals surface area contributed by atoms with E-state index in [4.69, 9.17) is 10.00 Å². The first-order chi connectivity index (χ1) is 8.62. The van der Waals surface area contributed by atoms with Crippen molar-refractivity contribution in [3.05, 3.63) is 29.8 Å². The monoisotopic (exact) mass is 265 g/mol. The van der Waals surface area contributed by atoms with Crippen LogP contribution >= 0.6 is 0 Å². The van der Waals surface area contributed by atoms with Crippen LogP contribution in [0.1, 0.15) is 18.4 Å². The molecule has 1 aliphatic rings. The van der Waals surface area contributed by atoms with Crippen LogP contribution in [0.3, 0.4) is 0 Å². The van der Waals surface area contributed by atoms with Gasteiger partial charge in [0.1, 0.15) is 0 Å². The highest BCUT2D eigenvalue weighted by atomic mass is 32.2. The highest BCUT2D eigenvalue weighted by Crippen LogP contribution is 2.28. The third-order valence-electron chi connectivity index (χ3n) is 2.87. The van der Waals surface area contributed by atoms with Crippen molar-refractivity contribution < 1.29 is 13.2 Å². The van der Waals surface area contributed by atoms with Crippen molar-refractivity contribution in [2.45, 2.75) is 17.7 Å². The Morgan fingerprint density at radius 2 is 2.17 bits per heavy atom. The molecule has 96 valence electrons. The summed E-state index contributed by atoms with van der Waals surface area (Å²) in [7, 11) is -3.35. The predicted molar refractivity (Wildman–Crippen MR) is 66.8 cm³/mol. The molecule has 0 aromatic heterocycles. The van der Waals surface area contributed by atoms with Crippen LogP contribution in [-0.2, 0) is 14.6 Å². The normalized spacial score (nSPS) is 15.3. The van der Waals surface area contributed by atoms with Crippen LogP contribution in [0.25, 0.3) is 0 Å². The second-order valence-electron chi connectivity index (χ2n) is 4.48. The maximum Gasteiger partial charge on any atom is 0.180 e. The van der Waals surface area contributed by atoms with Gasteiger partial charge in [-0.05, 0) is 37.0 Å². The lowest BCUT2D eigenvalue weighted by Crippen LogP contribution is -2.13. The lowest BCUT2D eigenvalue weighted by Gasteiger charge is -2.05. The molecule has 4 nitrogen and oxygen atoms in total. The van der Waals surface area contributed by atoms with E-state index in [1.54, 1.807) is 12.1 Å². The fourth-order valence-electron chi connectivity index (χ4n) is 1.58. The molecule has 1 fully saturated rings. The molecule has 5 heteroatoms. The van der Waals surface area contributed by atoms with Crippen LogP contribution in [0.4, 0.5) is 0 Å². The summed E-state index contributed by atoms with van der Waals surface area (Å²) in [5, 5.41) is 8.74. The van der Waals surface area contributed by atoms with E-state index in [-0.39, 0.29) is 17.3 Å². The molecule has 1 aromatic rings. The van der Waals surface area contributed by atoms with E-state index in [9.17, 15) is 8.42 Å². The van der Waals surface area contributed by atoms with Gasteiger partial charge in [0.25, 0.3) is 0 Å². The second kappa shape index (κ2) is 5.51. The molecule has 0 bridgehead atoms. The van der Waals surface area contributed by atoms with E-state index in [0.717, 1.165) is 0 Å². The molecule has 0 unspecified atom stereocenters. The van der Waals surface area contributed by atoms with Crippen molar-refractivity contribution in [3.63, 3.8) is 0 Å². The van der Waals surface area contributed by atoms with Crippen LogP contribution < -0.4 is 0 Å². The number of sulfone groups is 1. The van der Waals surface area contributed by atoms with Crippen molar-refractivity contribution >= 4 is 9.84 Å². The van der Waals surface area contributed by atoms with Gasteiger partial charge in [0.15, 0.2) is 9.84 Å². The Bertz CT molecular complexity index is 556. The Morgan fingerprint density at radius 1 is 1.39 bits per heavy atom. The van der Waals surface area contributed by atoms with Gasteiger partial charge in [0.05, 0.1) is 28.9 Å². The molecule has 1 aromatic carbocycles. The maximum absolute atomic E-state index is 12.0. The van der Waals surface area contributed by atoms with Gasteiger partial charge in [0.2, 0.25) is 0 Å². The topological polar surface area (TPSA) is 67.2 Å². The summed E-state index contributed by atoms with van der Waals surface area (Å²) < 4.78 is 29.3. The largest absolute Gasteiger partial charge is 0.380 e. The highest BCUT2D eigenvalue weighted by Gasteiger charge is 2.22. The first-order valence-electron chi connectivity index (χ1n) is 5.92. The number of nitrogens with zero attached hydrogens (tertiary/aromatic N) is 1. The molecule has 0 radical (unpaired) electrons. The van der Waals surface area contributed by atoms with Gasteiger partial charge in [-0.15, -0.1) is 0 Å². The molecule has 1 saturated carbocycles. The standard InChI is InChI=1S/C13H15NO3S/c14-9-12-2-1-3-13(8-12)18(15,16)7-6-17-10-11-4-5-11/h1-3,8,11H,4-7,10H2. The minimum atomic E-state index is -3.35. The van der Waals surface area contributed by atoms with E-state index in [1.165, 1.54) is 25.0 Å². The van der Waals surface area contributed by atoms with Gasteiger partial charge < -0.3 is 4.74 Å². The van der Waals surface area contributed by atoms with Crippen molar-refractivity contribution in [1.29, 1.82) is 5.26 Å². The van der Waals surface area contributed by atoms with Crippen molar-refractivity contribution in [3.8, 4) is 6.07 Å². The molecule has 2 rings (SSSR count). The third kappa shape index (κ3) is 3.56. The smallest absolute Gasteiger partial charge is 0.180 e. The summed E-state index contributed by atoms with van der Waals surface area (Å²) in [6, 6.07) is 8.01. The van der Waals surface area contributed by atoms with E-state index < -0.39 is 9.84 Å². The quantitative estimate of drug-likeness (QED) is 0.735. The predicted octanol–water partition coefficient (Wildman–Crippen LogP) is 1.76. The second-order valence-corrected chi connectivity index (χ2v) is 6.59. The Hall–Kier alpha value is -1.38. The average Bonchev–Trinajstić information content (AvgIpc) is 3.19. The summed E-state index contributed by atoms with van der Waals surface area (Å²) in [5.74, 6) is 0.601. The van der Waals surface area contributed by atoms with Crippen molar-refractivity contribution in [2.24, 2.45) is 5.92 Å². The van der Waals surface area contributed by atoms with Crippen LogP contribution in [0, 0.1) is 17.2 Å². The number of hydrogen-bond acceptors (Lipinski definition) is 4. The molecule has 0 atom stereocenters. The fraction of sp³-hybridized carbons (Fsp3) is 0.462.